The van der Waals surface area contributed by atoms with E-state index in [2.05, 4.69) is 15.5 Å². The van der Waals surface area contributed by atoms with Crippen LogP contribution >= 0.6 is 11.6 Å². The molecule has 0 bridgehead atoms. The number of hydrogen-bond acceptors (Lipinski definition) is 4. The van der Waals surface area contributed by atoms with Gasteiger partial charge in [0.1, 0.15) is 0 Å². The van der Waals surface area contributed by atoms with Crippen LogP contribution in [0.2, 0.25) is 5.02 Å². The van der Waals surface area contributed by atoms with Crippen LogP contribution in [0.25, 0.3) is 0 Å². The second-order valence-corrected chi connectivity index (χ2v) is 4.57. The fourth-order valence-corrected chi connectivity index (χ4v) is 1.74. The number of nitrogens with one attached hydrogen (secondary N) is 1. The molecule has 0 aliphatic heterocycles. The molecule has 1 aromatic carbocycles. The van der Waals surface area contributed by atoms with Crippen molar-refractivity contribution >= 4 is 17.5 Å². The van der Waals surface area contributed by atoms with Gasteiger partial charge in [-0.2, -0.15) is 4.98 Å². The van der Waals surface area contributed by atoms with Gasteiger partial charge < -0.3 is 9.84 Å². The van der Waals surface area contributed by atoms with Gasteiger partial charge in [0.2, 0.25) is 11.8 Å². The minimum atomic E-state index is -0.116. The molecule has 0 aliphatic carbocycles. The molecule has 0 saturated heterocycles. The number of aryl methyl sites for hydroxylation is 1. The largest absolute Gasteiger partial charge is 0.355 e. The standard InChI is InChI=1S/C13H14ClN3O2/c1-9-16-12(17-19-9)8-13(18)15-7-6-10-2-4-11(14)5-3-10/h2-5H,6-8H2,1H3,(H,15,18). The predicted octanol–water partition coefficient (Wildman–Crippen LogP) is 1.93. The fourth-order valence-electron chi connectivity index (χ4n) is 1.62. The van der Waals surface area contributed by atoms with E-state index in [-0.39, 0.29) is 12.3 Å². The Bertz CT molecular complexity index is 551. The summed E-state index contributed by atoms with van der Waals surface area (Å²) in [6, 6.07) is 7.55. The molecular weight excluding hydrogens is 266 g/mol. The molecular formula is C13H14ClN3O2. The molecule has 1 amide bonds. The van der Waals surface area contributed by atoms with E-state index in [1.807, 2.05) is 24.3 Å². The molecule has 2 aromatic rings. The smallest absolute Gasteiger partial charge is 0.227 e. The molecule has 1 heterocycles. The maximum Gasteiger partial charge on any atom is 0.227 e. The summed E-state index contributed by atoms with van der Waals surface area (Å²) in [4.78, 5) is 15.6. The first-order chi connectivity index (χ1) is 9.13. The Hall–Kier alpha value is -1.88. The Morgan fingerprint density at radius 3 is 2.74 bits per heavy atom. The second kappa shape index (κ2) is 6.33. The van der Waals surface area contributed by atoms with Crippen molar-refractivity contribution in [2.45, 2.75) is 19.8 Å². The van der Waals surface area contributed by atoms with Crippen molar-refractivity contribution in [1.82, 2.24) is 15.5 Å². The van der Waals surface area contributed by atoms with Gasteiger partial charge in [-0.1, -0.05) is 28.9 Å². The van der Waals surface area contributed by atoms with Crippen molar-refractivity contribution in [2.24, 2.45) is 0 Å². The Morgan fingerprint density at radius 2 is 2.11 bits per heavy atom. The van der Waals surface area contributed by atoms with Crippen LogP contribution < -0.4 is 5.32 Å². The van der Waals surface area contributed by atoms with E-state index < -0.39 is 0 Å². The summed E-state index contributed by atoms with van der Waals surface area (Å²) in [5.41, 5.74) is 1.13. The van der Waals surface area contributed by atoms with E-state index in [1.54, 1.807) is 6.92 Å². The molecule has 0 spiro atoms. The number of rotatable bonds is 5. The highest BCUT2D eigenvalue weighted by Crippen LogP contribution is 2.09. The monoisotopic (exact) mass is 279 g/mol. The van der Waals surface area contributed by atoms with Crippen LogP contribution in [0.4, 0.5) is 0 Å². The highest BCUT2D eigenvalue weighted by molar-refractivity contribution is 6.30. The van der Waals surface area contributed by atoms with Gasteiger partial charge >= 0.3 is 0 Å². The van der Waals surface area contributed by atoms with Gasteiger partial charge in [-0.05, 0) is 24.1 Å². The quantitative estimate of drug-likeness (QED) is 0.908. The number of aromatic nitrogens is 2. The Labute approximate surface area is 116 Å². The van der Waals surface area contributed by atoms with Crippen LogP contribution in [0.1, 0.15) is 17.3 Å². The predicted molar refractivity (Wildman–Crippen MR) is 70.9 cm³/mol. The molecule has 100 valence electrons. The summed E-state index contributed by atoms with van der Waals surface area (Å²) in [5.74, 6) is 0.750. The number of benzene rings is 1. The van der Waals surface area contributed by atoms with Gasteiger partial charge in [-0.15, -0.1) is 0 Å². The van der Waals surface area contributed by atoms with Crippen LogP contribution in [0.3, 0.4) is 0 Å². The third-order valence-corrected chi connectivity index (χ3v) is 2.79. The van der Waals surface area contributed by atoms with Crippen molar-refractivity contribution in [3.8, 4) is 0 Å². The molecule has 0 unspecified atom stereocenters. The summed E-state index contributed by atoms with van der Waals surface area (Å²) in [6.45, 7) is 2.26. The highest BCUT2D eigenvalue weighted by atomic mass is 35.5. The first-order valence-electron chi connectivity index (χ1n) is 5.94. The molecule has 0 fully saturated rings. The third kappa shape index (κ3) is 4.37. The zero-order valence-electron chi connectivity index (χ0n) is 10.5. The van der Waals surface area contributed by atoms with Crippen molar-refractivity contribution in [2.75, 3.05) is 6.54 Å². The Kier molecular flexibility index (Phi) is 4.52. The first-order valence-corrected chi connectivity index (χ1v) is 6.31. The van der Waals surface area contributed by atoms with Gasteiger partial charge in [0.15, 0.2) is 5.82 Å². The van der Waals surface area contributed by atoms with Crippen LogP contribution in [-0.4, -0.2) is 22.6 Å². The number of amides is 1. The molecule has 6 heteroatoms. The van der Waals surface area contributed by atoms with Crippen LogP contribution in [0.15, 0.2) is 28.8 Å². The molecule has 5 nitrogen and oxygen atoms in total. The van der Waals surface area contributed by atoms with Gasteiger partial charge in [0.05, 0.1) is 6.42 Å². The fraction of sp³-hybridized carbons (Fsp3) is 0.308. The second-order valence-electron chi connectivity index (χ2n) is 4.13. The molecule has 2 rings (SSSR count). The minimum Gasteiger partial charge on any atom is -0.355 e. The molecule has 0 atom stereocenters. The molecule has 0 saturated carbocycles. The summed E-state index contributed by atoms with van der Waals surface area (Å²) in [5, 5.41) is 7.19. The summed E-state index contributed by atoms with van der Waals surface area (Å²) >= 11 is 5.80. The number of halogens is 1. The highest BCUT2D eigenvalue weighted by Gasteiger charge is 2.08. The van der Waals surface area contributed by atoms with Crippen molar-refractivity contribution < 1.29 is 9.32 Å². The third-order valence-electron chi connectivity index (χ3n) is 2.54. The normalized spacial score (nSPS) is 10.4. The van der Waals surface area contributed by atoms with Gasteiger partial charge in [-0.3, -0.25) is 4.79 Å². The lowest BCUT2D eigenvalue weighted by Crippen LogP contribution is -2.27. The average molecular weight is 280 g/mol. The molecule has 1 N–H and O–H groups in total. The lowest BCUT2D eigenvalue weighted by atomic mass is 10.1. The van der Waals surface area contributed by atoms with Crippen molar-refractivity contribution in [3.63, 3.8) is 0 Å². The summed E-state index contributed by atoms with van der Waals surface area (Å²) in [6.07, 6.45) is 0.895. The van der Waals surface area contributed by atoms with Gasteiger partial charge in [0, 0.05) is 18.5 Å². The zero-order valence-corrected chi connectivity index (χ0v) is 11.3. The van der Waals surface area contributed by atoms with E-state index in [0.29, 0.717) is 23.3 Å². The molecule has 0 aliphatic rings. The SMILES string of the molecule is Cc1nc(CC(=O)NCCc2ccc(Cl)cc2)no1. The number of carbonyl (C=O) groups is 1. The Morgan fingerprint density at radius 1 is 1.37 bits per heavy atom. The van der Waals surface area contributed by atoms with Crippen molar-refractivity contribution in [3.05, 3.63) is 46.6 Å². The van der Waals surface area contributed by atoms with E-state index in [4.69, 9.17) is 16.1 Å². The molecule has 19 heavy (non-hydrogen) atoms. The zero-order chi connectivity index (χ0) is 13.7. The maximum absolute atomic E-state index is 11.6. The lowest BCUT2D eigenvalue weighted by Gasteiger charge is -2.04. The van der Waals surface area contributed by atoms with E-state index >= 15 is 0 Å². The minimum absolute atomic E-state index is 0.116. The summed E-state index contributed by atoms with van der Waals surface area (Å²) in [7, 11) is 0. The number of carbonyl (C=O) groups excluding carboxylic acids is 1. The van der Waals surface area contributed by atoms with Crippen LogP contribution in [0, 0.1) is 6.92 Å². The topological polar surface area (TPSA) is 68.0 Å². The summed E-state index contributed by atoms with van der Waals surface area (Å²) < 4.78 is 4.80. The molecule has 1 aromatic heterocycles. The van der Waals surface area contributed by atoms with Gasteiger partial charge in [0.25, 0.3) is 0 Å². The van der Waals surface area contributed by atoms with Gasteiger partial charge in [-0.25, -0.2) is 0 Å². The van der Waals surface area contributed by atoms with Crippen LogP contribution in [-0.2, 0) is 17.6 Å². The van der Waals surface area contributed by atoms with E-state index in [1.165, 1.54) is 0 Å². The molecule has 0 radical (unpaired) electrons. The Balaban J connectivity index is 1.73. The first kappa shape index (κ1) is 13.5. The van der Waals surface area contributed by atoms with E-state index in [0.717, 1.165) is 12.0 Å². The van der Waals surface area contributed by atoms with E-state index in [9.17, 15) is 4.79 Å². The number of hydrogen-bond donors (Lipinski definition) is 1. The average Bonchev–Trinajstić information content (AvgIpc) is 2.77. The number of nitrogens with zero attached hydrogens (tertiary/aromatic N) is 2. The lowest BCUT2D eigenvalue weighted by molar-refractivity contribution is -0.120. The maximum atomic E-state index is 11.6. The van der Waals surface area contributed by atoms with Crippen LogP contribution in [0.5, 0.6) is 0 Å². The van der Waals surface area contributed by atoms with Crippen molar-refractivity contribution in [1.29, 1.82) is 0 Å².